The highest BCUT2D eigenvalue weighted by molar-refractivity contribution is 8.00. The van der Waals surface area contributed by atoms with Gasteiger partial charge in [-0.3, -0.25) is 4.79 Å². The molecule has 1 heterocycles. The molecule has 1 atom stereocenters. The first kappa shape index (κ1) is 23.4. The van der Waals surface area contributed by atoms with Crippen LogP contribution < -0.4 is 14.8 Å². The molecule has 8 heteroatoms. The van der Waals surface area contributed by atoms with Crippen LogP contribution in [0.3, 0.4) is 0 Å². The molecule has 0 bridgehead atoms. The number of benzene rings is 3. The molecule has 0 radical (unpaired) electrons. The number of carbonyl (C=O) groups is 1. The summed E-state index contributed by atoms with van der Waals surface area (Å²) in [6, 6.07) is 24.7. The standard InChI is InChI=1S/C26H26N4O3S/c1-4-33-22-13-9-8-12-21(22)27-25(31)23(18-10-6-5-7-11-18)34-26-29-28-24(30(26)2)19-14-16-20(32-3)17-15-19/h5-17,23H,4H2,1-3H3,(H,27,31). The second kappa shape index (κ2) is 10.9. The molecule has 1 unspecified atom stereocenters. The summed E-state index contributed by atoms with van der Waals surface area (Å²) in [4.78, 5) is 13.5. The zero-order chi connectivity index (χ0) is 23.9. The van der Waals surface area contributed by atoms with Crippen molar-refractivity contribution in [3.8, 4) is 22.9 Å². The van der Waals surface area contributed by atoms with Crippen LogP contribution in [0.5, 0.6) is 11.5 Å². The van der Waals surface area contributed by atoms with Gasteiger partial charge in [0.2, 0.25) is 5.91 Å². The van der Waals surface area contributed by atoms with Crippen molar-refractivity contribution in [3.05, 3.63) is 84.4 Å². The van der Waals surface area contributed by atoms with Gasteiger partial charge in [0.25, 0.3) is 0 Å². The lowest BCUT2D eigenvalue weighted by Gasteiger charge is -2.18. The van der Waals surface area contributed by atoms with E-state index < -0.39 is 5.25 Å². The van der Waals surface area contributed by atoms with E-state index in [0.717, 1.165) is 16.9 Å². The molecular formula is C26H26N4O3S. The van der Waals surface area contributed by atoms with Gasteiger partial charge in [0.15, 0.2) is 11.0 Å². The zero-order valence-electron chi connectivity index (χ0n) is 19.3. The van der Waals surface area contributed by atoms with E-state index in [0.29, 0.717) is 29.0 Å². The Morgan fingerprint density at radius 1 is 1.00 bits per heavy atom. The Bertz CT molecular complexity index is 1240. The van der Waals surface area contributed by atoms with Crippen molar-refractivity contribution in [2.45, 2.75) is 17.3 Å². The third kappa shape index (κ3) is 5.23. The van der Waals surface area contributed by atoms with Crippen LogP contribution in [0, 0.1) is 0 Å². The monoisotopic (exact) mass is 474 g/mol. The Labute approximate surface area is 203 Å². The number of methoxy groups -OCH3 is 1. The molecule has 7 nitrogen and oxygen atoms in total. The van der Waals surface area contributed by atoms with Crippen molar-refractivity contribution >= 4 is 23.4 Å². The lowest BCUT2D eigenvalue weighted by Crippen LogP contribution is -2.20. The summed E-state index contributed by atoms with van der Waals surface area (Å²) in [7, 11) is 3.53. The fraction of sp³-hybridized carbons (Fsp3) is 0.192. The summed E-state index contributed by atoms with van der Waals surface area (Å²) in [5.41, 5.74) is 2.41. The van der Waals surface area contributed by atoms with Gasteiger partial charge in [-0.15, -0.1) is 10.2 Å². The third-order valence-electron chi connectivity index (χ3n) is 5.19. The van der Waals surface area contributed by atoms with Crippen molar-refractivity contribution in [2.24, 2.45) is 7.05 Å². The average Bonchev–Trinajstić information content (AvgIpc) is 3.24. The predicted octanol–water partition coefficient (Wildman–Crippen LogP) is 5.36. The maximum absolute atomic E-state index is 13.5. The van der Waals surface area contributed by atoms with Gasteiger partial charge < -0.3 is 19.4 Å². The van der Waals surface area contributed by atoms with E-state index in [1.54, 1.807) is 7.11 Å². The van der Waals surface area contributed by atoms with Gasteiger partial charge in [-0.1, -0.05) is 54.2 Å². The smallest absolute Gasteiger partial charge is 0.242 e. The molecule has 174 valence electrons. The molecule has 0 aliphatic heterocycles. The Morgan fingerprint density at radius 3 is 2.41 bits per heavy atom. The van der Waals surface area contributed by atoms with Crippen molar-refractivity contribution < 1.29 is 14.3 Å². The highest BCUT2D eigenvalue weighted by atomic mass is 32.2. The summed E-state index contributed by atoms with van der Waals surface area (Å²) in [6.07, 6.45) is 0. The molecule has 4 rings (SSSR count). The second-order valence-electron chi connectivity index (χ2n) is 7.42. The zero-order valence-corrected chi connectivity index (χ0v) is 20.1. The number of amides is 1. The topological polar surface area (TPSA) is 78.3 Å². The van der Waals surface area contributed by atoms with Gasteiger partial charge >= 0.3 is 0 Å². The molecule has 0 aliphatic carbocycles. The van der Waals surface area contributed by atoms with Crippen LogP contribution in [0.1, 0.15) is 17.7 Å². The molecule has 3 aromatic carbocycles. The molecular weight excluding hydrogens is 448 g/mol. The molecule has 0 fully saturated rings. The number of ether oxygens (including phenoxy) is 2. The van der Waals surface area contributed by atoms with Gasteiger partial charge in [-0.25, -0.2) is 0 Å². The van der Waals surface area contributed by atoms with Crippen molar-refractivity contribution in [2.75, 3.05) is 19.0 Å². The Hall–Kier alpha value is -3.78. The average molecular weight is 475 g/mol. The van der Waals surface area contributed by atoms with Gasteiger partial charge in [-0.2, -0.15) is 0 Å². The van der Waals surface area contributed by atoms with Crippen molar-refractivity contribution in [1.29, 1.82) is 0 Å². The van der Waals surface area contributed by atoms with E-state index in [-0.39, 0.29) is 5.91 Å². The van der Waals surface area contributed by atoms with E-state index in [2.05, 4.69) is 15.5 Å². The van der Waals surface area contributed by atoms with Crippen LogP contribution in [-0.2, 0) is 11.8 Å². The van der Waals surface area contributed by atoms with Crippen LogP contribution in [0.15, 0.2) is 84.0 Å². The van der Waals surface area contributed by atoms with Crippen molar-refractivity contribution in [3.63, 3.8) is 0 Å². The molecule has 1 N–H and O–H groups in total. The summed E-state index contributed by atoms with van der Waals surface area (Å²) >= 11 is 1.35. The number of carbonyl (C=O) groups excluding carboxylic acids is 1. The largest absolute Gasteiger partial charge is 0.497 e. The number of para-hydroxylation sites is 2. The van der Waals surface area contributed by atoms with Crippen LogP contribution in [0.25, 0.3) is 11.4 Å². The number of anilines is 1. The van der Waals surface area contributed by atoms with E-state index in [4.69, 9.17) is 9.47 Å². The summed E-state index contributed by atoms with van der Waals surface area (Å²) in [5.74, 6) is 1.95. The number of thioether (sulfide) groups is 1. The lowest BCUT2D eigenvalue weighted by atomic mass is 10.1. The van der Waals surface area contributed by atoms with E-state index >= 15 is 0 Å². The summed E-state index contributed by atoms with van der Waals surface area (Å²) < 4.78 is 12.8. The SMILES string of the molecule is CCOc1ccccc1NC(=O)C(Sc1nnc(-c2ccc(OC)cc2)n1C)c1ccccc1. The molecule has 0 spiro atoms. The molecule has 1 amide bonds. The number of aromatic nitrogens is 3. The molecule has 0 saturated carbocycles. The molecule has 0 saturated heterocycles. The summed E-state index contributed by atoms with van der Waals surface area (Å²) in [6.45, 7) is 2.42. The van der Waals surface area contributed by atoms with E-state index in [1.165, 1.54) is 11.8 Å². The van der Waals surface area contributed by atoms with Gasteiger partial charge in [0.1, 0.15) is 16.7 Å². The van der Waals surface area contributed by atoms with Crippen LogP contribution in [0.2, 0.25) is 0 Å². The fourth-order valence-electron chi connectivity index (χ4n) is 3.46. The Kier molecular flexibility index (Phi) is 7.49. The Balaban J connectivity index is 1.62. The van der Waals surface area contributed by atoms with Gasteiger partial charge in [-0.05, 0) is 48.9 Å². The molecule has 34 heavy (non-hydrogen) atoms. The van der Waals surface area contributed by atoms with E-state index in [1.807, 2.05) is 97.4 Å². The number of rotatable bonds is 9. The lowest BCUT2D eigenvalue weighted by molar-refractivity contribution is -0.115. The first-order valence-electron chi connectivity index (χ1n) is 10.9. The summed E-state index contributed by atoms with van der Waals surface area (Å²) in [5, 5.41) is 11.9. The van der Waals surface area contributed by atoms with Gasteiger partial charge in [0, 0.05) is 12.6 Å². The van der Waals surface area contributed by atoms with Crippen LogP contribution >= 0.6 is 11.8 Å². The van der Waals surface area contributed by atoms with Crippen LogP contribution in [0.4, 0.5) is 5.69 Å². The molecule has 1 aromatic heterocycles. The maximum atomic E-state index is 13.5. The number of hydrogen-bond donors (Lipinski definition) is 1. The highest BCUT2D eigenvalue weighted by Gasteiger charge is 2.26. The predicted molar refractivity (Wildman–Crippen MR) is 134 cm³/mol. The number of nitrogens with zero attached hydrogens (tertiary/aromatic N) is 3. The number of nitrogens with one attached hydrogen (secondary N) is 1. The number of hydrogen-bond acceptors (Lipinski definition) is 6. The normalized spacial score (nSPS) is 11.6. The molecule has 0 aliphatic rings. The Morgan fingerprint density at radius 2 is 1.71 bits per heavy atom. The maximum Gasteiger partial charge on any atom is 0.242 e. The molecule has 4 aromatic rings. The first-order chi connectivity index (χ1) is 16.6. The first-order valence-corrected chi connectivity index (χ1v) is 11.8. The fourth-order valence-corrected chi connectivity index (χ4v) is 4.47. The quantitative estimate of drug-likeness (QED) is 0.329. The van der Waals surface area contributed by atoms with E-state index in [9.17, 15) is 4.79 Å². The highest BCUT2D eigenvalue weighted by Crippen LogP contribution is 2.37. The van der Waals surface area contributed by atoms with Crippen LogP contribution in [-0.4, -0.2) is 34.4 Å². The van der Waals surface area contributed by atoms with Crippen molar-refractivity contribution in [1.82, 2.24) is 14.8 Å². The van der Waals surface area contributed by atoms with Gasteiger partial charge in [0.05, 0.1) is 19.4 Å². The minimum absolute atomic E-state index is 0.169. The third-order valence-corrected chi connectivity index (χ3v) is 6.48. The minimum atomic E-state index is -0.539. The second-order valence-corrected chi connectivity index (χ2v) is 8.49. The minimum Gasteiger partial charge on any atom is -0.497 e.